The van der Waals surface area contributed by atoms with Gasteiger partial charge in [-0.25, -0.2) is 0 Å². The Kier molecular flexibility index (Phi) is 2.62. The monoisotopic (exact) mass is 192 g/mol. The average molecular weight is 192 g/mol. The van der Waals surface area contributed by atoms with Crippen LogP contribution in [0.5, 0.6) is 11.5 Å². The normalized spacial score (nSPS) is 15.4. The van der Waals surface area contributed by atoms with E-state index >= 15 is 0 Å². The molecule has 1 aromatic carbocycles. The molecule has 1 aliphatic heterocycles. The highest BCUT2D eigenvalue weighted by Gasteiger charge is 2.15. The van der Waals surface area contributed by atoms with Gasteiger partial charge >= 0.3 is 0 Å². The number of hydrogen-bond acceptors (Lipinski definition) is 2. The molecule has 2 rings (SSSR count). The first-order chi connectivity index (χ1) is 6.79. The van der Waals surface area contributed by atoms with Crippen molar-refractivity contribution in [1.29, 1.82) is 0 Å². The molecule has 0 saturated heterocycles. The van der Waals surface area contributed by atoms with Crippen molar-refractivity contribution in [3.05, 3.63) is 23.8 Å². The lowest BCUT2D eigenvalue weighted by Crippen LogP contribution is -1.99. The molecule has 2 nitrogen and oxygen atoms in total. The fraction of sp³-hybridized carbons (Fsp3) is 0.500. The van der Waals surface area contributed by atoms with E-state index in [2.05, 4.69) is 19.9 Å². The molecular formula is C12H16O2. The number of rotatable bonds is 1. The molecule has 1 aromatic rings. The number of para-hydroxylation sites is 1. The van der Waals surface area contributed by atoms with Crippen molar-refractivity contribution in [3.8, 4) is 11.5 Å². The molecule has 0 amide bonds. The van der Waals surface area contributed by atoms with Crippen molar-refractivity contribution in [1.82, 2.24) is 0 Å². The summed E-state index contributed by atoms with van der Waals surface area (Å²) < 4.78 is 11.3. The van der Waals surface area contributed by atoms with Crippen molar-refractivity contribution in [2.24, 2.45) is 0 Å². The summed E-state index contributed by atoms with van der Waals surface area (Å²) in [5.74, 6) is 2.32. The van der Waals surface area contributed by atoms with Crippen LogP contribution >= 0.6 is 0 Å². The van der Waals surface area contributed by atoms with Gasteiger partial charge in [0, 0.05) is 12.0 Å². The van der Waals surface area contributed by atoms with Crippen molar-refractivity contribution >= 4 is 0 Å². The van der Waals surface area contributed by atoms with E-state index in [1.807, 2.05) is 12.1 Å². The van der Waals surface area contributed by atoms with Crippen LogP contribution < -0.4 is 9.47 Å². The first-order valence-corrected chi connectivity index (χ1v) is 5.17. The minimum atomic E-state index is 0.478. The Morgan fingerprint density at radius 3 is 2.71 bits per heavy atom. The van der Waals surface area contributed by atoms with Crippen LogP contribution in [0.25, 0.3) is 0 Å². The first-order valence-electron chi connectivity index (χ1n) is 5.17. The highest BCUT2D eigenvalue weighted by Crippen LogP contribution is 2.36. The Labute approximate surface area is 84.8 Å². The zero-order chi connectivity index (χ0) is 9.97. The summed E-state index contributed by atoms with van der Waals surface area (Å²) >= 11 is 0. The molecule has 14 heavy (non-hydrogen) atoms. The first kappa shape index (κ1) is 9.38. The third-order valence-corrected chi connectivity index (χ3v) is 2.42. The van der Waals surface area contributed by atoms with Gasteiger partial charge in [-0.15, -0.1) is 0 Å². The van der Waals surface area contributed by atoms with E-state index in [-0.39, 0.29) is 0 Å². The minimum Gasteiger partial charge on any atom is -0.490 e. The molecule has 0 radical (unpaired) electrons. The highest BCUT2D eigenvalue weighted by atomic mass is 16.5. The number of hydrogen-bond donors (Lipinski definition) is 0. The van der Waals surface area contributed by atoms with Crippen molar-refractivity contribution in [3.63, 3.8) is 0 Å². The Hall–Kier alpha value is -1.18. The zero-order valence-electron chi connectivity index (χ0n) is 8.75. The molecule has 0 saturated carbocycles. The van der Waals surface area contributed by atoms with E-state index in [1.165, 1.54) is 5.56 Å². The fourth-order valence-corrected chi connectivity index (χ4v) is 1.67. The molecule has 0 N–H and O–H groups in total. The standard InChI is InChI=1S/C12H16O2/c1-9(2)10-5-3-6-11-12(10)14-8-4-7-13-11/h3,5-6,9H,4,7-8H2,1-2H3. The second kappa shape index (κ2) is 3.91. The number of ether oxygens (including phenoxy) is 2. The van der Waals surface area contributed by atoms with Crippen LogP contribution in [0.1, 0.15) is 31.7 Å². The van der Waals surface area contributed by atoms with E-state index in [9.17, 15) is 0 Å². The molecule has 0 spiro atoms. The van der Waals surface area contributed by atoms with Gasteiger partial charge in [0.1, 0.15) is 0 Å². The maximum Gasteiger partial charge on any atom is 0.164 e. The molecule has 76 valence electrons. The van der Waals surface area contributed by atoms with Crippen molar-refractivity contribution in [2.45, 2.75) is 26.2 Å². The second-order valence-electron chi connectivity index (χ2n) is 3.88. The molecule has 0 atom stereocenters. The molecule has 0 unspecified atom stereocenters. The van der Waals surface area contributed by atoms with Crippen LogP contribution in [-0.2, 0) is 0 Å². The van der Waals surface area contributed by atoms with Crippen LogP contribution in [0.15, 0.2) is 18.2 Å². The quantitative estimate of drug-likeness (QED) is 0.681. The Morgan fingerprint density at radius 2 is 1.93 bits per heavy atom. The van der Waals surface area contributed by atoms with Crippen LogP contribution in [0.3, 0.4) is 0 Å². The van der Waals surface area contributed by atoms with Gasteiger partial charge in [0.05, 0.1) is 13.2 Å². The maximum absolute atomic E-state index is 5.72. The summed E-state index contributed by atoms with van der Waals surface area (Å²) in [5.41, 5.74) is 1.24. The minimum absolute atomic E-state index is 0.478. The summed E-state index contributed by atoms with van der Waals surface area (Å²) in [4.78, 5) is 0. The number of benzene rings is 1. The second-order valence-corrected chi connectivity index (χ2v) is 3.88. The van der Waals surface area contributed by atoms with Gasteiger partial charge in [0.2, 0.25) is 0 Å². The van der Waals surface area contributed by atoms with E-state index in [4.69, 9.17) is 9.47 Å². The average Bonchev–Trinajstić information content (AvgIpc) is 2.41. The van der Waals surface area contributed by atoms with Gasteiger partial charge < -0.3 is 9.47 Å². The lowest BCUT2D eigenvalue weighted by atomic mass is 10.0. The van der Waals surface area contributed by atoms with E-state index in [1.54, 1.807) is 0 Å². The van der Waals surface area contributed by atoms with Gasteiger partial charge in [0.15, 0.2) is 11.5 Å². The molecule has 0 fully saturated rings. The smallest absolute Gasteiger partial charge is 0.164 e. The lowest BCUT2D eigenvalue weighted by Gasteiger charge is -2.14. The number of fused-ring (bicyclic) bond motifs is 1. The summed E-state index contributed by atoms with van der Waals surface area (Å²) in [6, 6.07) is 6.12. The zero-order valence-corrected chi connectivity index (χ0v) is 8.75. The van der Waals surface area contributed by atoms with E-state index < -0.39 is 0 Å². The predicted molar refractivity (Wildman–Crippen MR) is 56.1 cm³/mol. The Balaban J connectivity index is 2.42. The fourth-order valence-electron chi connectivity index (χ4n) is 1.67. The Bertz CT molecular complexity index is 318. The molecule has 0 aromatic heterocycles. The van der Waals surface area contributed by atoms with Crippen LogP contribution in [0.2, 0.25) is 0 Å². The topological polar surface area (TPSA) is 18.5 Å². The third kappa shape index (κ3) is 1.69. The molecule has 0 aliphatic carbocycles. The third-order valence-electron chi connectivity index (χ3n) is 2.42. The van der Waals surface area contributed by atoms with Crippen LogP contribution in [0.4, 0.5) is 0 Å². The largest absolute Gasteiger partial charge is 0.490 e. The molecule has 0 bridgehead atoms. The van der Waals surface area contributed by atoms with Gasteiger partial charge in [-0.2, -0.15) is 0 Å². The van der Waals surface area contributed by atoms with Crippen LogP contribution in [0, 0.1) is 0 Å². The highest BCUT2D eigenvalue weighted by molar-refractivity contribution is 5.48. The maximum atomic E-state index is 5.72. The molecule has 1 heterocycles. The summed E-state index contributed by atoms with van der Waals surface area (Å²) in [5, 5.41) is 0. The lowest BCUT2D eigenvalue weighted by molar-refractivity contribution is 0.296. The van der Waals surface area contributed by atoms with Gasteiger partial charge in [-0.3, -0.25) is 0 Å². The van der Waals surface area contributed by atoms with Gasteiger partial charge in [-0.1, -0.05) is 26.0 Å². The molecule has 2 heteroatoms. The predicted octanol–water partition coefficient (Wildman–Crippen LogP) is 2.97. The van der Waals surface area contributed by atoms with Gasteiger partial charge in [-0.05, 0) is 12.0 Å². The van der Waals surface area contributed by atoms with E-state index in [0.29, 0.717) is 5.92 Å². The van der Waals surface area contributed by atoms with Crippen molar-refractivity contribution < 1.29 is 9.47 Å². The summed E-state index contributed by atoms with van der Waals surface area (Å²) in [6.45, 7) is 5.86. The van der Waals surface area contributed by atoms with Crippen molar-refractivity contribution in [2.75, 3.05) is 13.2 Å². The van der Waals surface area contributed by atoms with E-state index in [0.717, 1.165) is 31.1 Å². The Morgan fingerprint density at radius 1 is 1.14 bits per heavy atom. The summed E-state index contributed by atoms with van der Waals surface area (Å²) in [7, 11) is 0. The SMILES string of the molecule is CC(C)c1cccc2c1OCCCO2. The van der Waals surface area contributed by atoms with Crippen LogP contribution in [-0.4, -0.2) is 13.2 Å². The molecule has 1 aliphatic rings. The molecular weight excluding hydrogens is 176 g/mol. The summed E-state index contributed by atoms with van der Waals surface area (Å²) in [6.07, 6.45) is 0.964. The van der Waals surface area contributed by atoms with Gasteiger partial charge in [0.25, 0.3) is 0 Å².